The zero-order chi connectivity index (χ0) is 20.9. The van der Waals surface area contributed by atoms with Crippen molar-refractivity contribution >= 4 is 17.9 Å². The average molecular weight is 395 g/mol. The smallest absolute Gasteiger partial charge is 0.257 e. The van der Waals surface area contributed by atoms with Gasteiger partial charge in [0, 0.05) is 38.2 Å². The molecule has 2 heterocycles. The van der Waals surface area contributed by atoms with Gasteiger partial charge in [-0.05, 0) is 18.6 Å². The minimum Gasteiger partial charge on any atom is -0.382 e. The van der Waals surface area contributed by atoms with Crippen LogP contribution in [0.4, 0.5) is 5.82 Å². The Morgan fingerprint density at radius 2 is 2.21 bits per heavy atom. The number of carbonyl (C=O) groups is 1. The molecule has 3 rings (SSSR count). The fourth-order valence-electron chi connectivity index (χ4n) is 3.30. The molecule has 2 aromatic rings. The van der Waals surface area contributed by atoms with Gasteiger partial charge < -0.3 is 10.1 Å². The predicted molar refractivity (Wildman–Crippen MR) is 111 cm³/mol. The molecule has 0 aliphatic carbocycles. The number of terminal acetylenes is 1. The van der Waals surface area contributed by atoms with Crippen LogP contribution < -0.4 is 5.32 Å². The summed E-state index contributed by atoms with van der Waals surface area (Å²) >= 11 is 0. The van der Waals surface area contributed by atoms with Crippen LogP contribution in [-0.4, -0.2) is 60.0 Å². The number of aliphatic imine (C=N–C) groups is 1. The highest BCUT2D eigenvalue weighted by molar-refractivity contribution is 6.06. The molecule has 1 aromatic carbocycles. The van der Waals surface area contributed by atoms with Crippen LogP contribution in [0.25, 0.3) is 0 Å². The van der Waals surface area contributed by atoms with Crippen molar-refractivity contribution in [2.45, 2.75) is 18.4 Å². The second-order valence-electron chi connectivity index (χ2n) is 6.95. The minimum atomic E-state index is -0.900. The van der Waals surface area contributed by atoms with E-state index >= 15 is 0 Å². The Morgan fingerprint density at radius 1 is 1.41 bits per heavy atom. The number of methoxy groups -OCH3 is 1. The van der Waals surface area contributed by atoms with Crippen molar-refractivity contribution in [2.24, 2.45) is 12.0 Å². The molecule has 0 spiro atoms. The Bertz CT molecular complexity index is 932. The number of amides is 1. The van der Waals surface area contributed by atoms with E-state index in [9.17, 15) is 4.79 Å². The van der Waals surface area contributed by atoms with Gasteiger partial charge >= 0.3 is 0 Å². The highest BCUT2D eigenvalue weighted by atomic mass is 16.7. The standard InChI is InChI=1S/C21H25N5O3/c1-5-21(13-22-15-26(14-21)29-16(2)12-28-4)18-9-7-6-8-17(18)20(27)23-19-10-11-25(3)24-19/h1,6-11,13,16H,12,14-15H2,2-4H3,(H,23,24,27)/t16-,21?/m0/s1. The second-order valence-corrected chi connectivity index (χ2v) is 6.95. The molecule has 2 atom stereocenters. The summed E-state index contributed by atoms with van der Waals surface area (Å²) in [4.78, 5) is 23.3. The van der Waals surface area contributed by atoms with Crippen LogP contribution in [0.2, 0.25) is 0 Å². The molecule has 0 radical (unpaired) electrons. The Hall–Kier alpha value is -2.99. The number of hydroxylamine groups is 2. The number of benzene rings is 1. The van der Waals surface area contributed by atoms with Crippen molar-refractivity contribution in [2.75, 3.05) is 32.2 Å². The van der Waals surface area contributed by atoms with Gasteiger partial charge in [-0.25, -0.2) is 0 Å². The normalized spacial score (nSPS) is 20.2. The lowest BCUT2D eigenvalue weighted by Gasteiger charge is -2.36. The Kier molecular flexibility index (Phi) is 6.44. The monoisotopic (exact) mass is 395 g/mol. The lowest BCUT2D eigenvalue weighted by molar-refractivity contribution is -0.207. The molecule has 1 aliphatic rings. The third-order valence-corrected chi connectivity index (χ3v) is 4.57. The fourth-order valence-corrected chi connectivity index (χ4v) is 3.30. The molecule has 0 saturated carbocycles. The van der Waals surface area contributed by atoms with Crippen LogP contribution in [0.1, 0.15) is 22.8 Å². The second kappa shape index (κ2) is 9.01. The van der Waals surface area contributed by atoms with E-state index in [4.69, 9.17) is 16.0 Å². The first kappa shape index (κ1) is 20.7. The zero-order valence-electron chi connectivity index (χ0n) is 16.8. The molecule has 0 saturated heterocycles. The van der Waals surface area contributed by atoms with E-state index in [1.54, 1.807) is 54.5 Å². The van der Waals surface area contributed by atoms with Gasteiger partial charge in [-0.15, -0.1) is 6.42 Å². The summed E-state index contributed by atoms with van der Waals surface area (Å²) in [5.74, 6) is 3.02. The van der Waals surface area contributed by atoms with Crippen LogP contribution in [-0.2, 0) is 22.0 Å². The minimum absolute atomic E-state index is 0.147. The van der Waals surface area contributed by atoms with Gasteiger partial charge in [-0.1, -0.05) is 24.1 Å². The summed E-state index contributed by atoms with van der Waals surface area (Å²) in [5.41, 5.74) is 0.255. The fraction of sp³-hybridized carbons (Fsp3) is 0.381. The van der Waals surface area contributed by atoms with E-state index in [2.05, 4.69) is 21.3 Å². The van der Waals surface area contributed by atoms with Gasteiger partial charge in [0.15, 0.2) is 5.82 Å². The molecule has 0 fully saturated rings. The molecule has 1 unspecified atom stereocenters. The molecule has 1 aromatic heterocycles. The van der Waals surface area contributed by atoms with Crippen molar-refractivity contribution in [3.05, 3.63) is 47.7 Å². The molecule has 8 heteroatoms. The summed E-state index contributed by atoms with van der Waals surface area (Å²) < 4.78 is 6.75. The van der Waals surface area contributed by atoms with Gasteiger partial charge in [-0.2, -0.15) is 10.2 Å². The van der Waals surface area contributed by atoms with Crippen LogP contribution >= 0.6 is 0 Å². The van der Waals surface area contributed by atoms with Gasteiger partial charge in [0.2, 0.25) is 0 Å². The Labute approximate surface area is 170 Å². The average Bonchev–Trinajstić information content (AvgIpc) is 3.12. The number of rotatable bonds is 7. The molecule has 152 valence electrons. The van der Waals surface area contributed by atoms with Crippen molar-refractivity contribution in [1.29, 1.82) is 0 Å². The summed E-state index contributed by atoms with van der Waals surface area (Å²) in [6.45, 7) is 3.09. The lowest BCUT2D eigenvalue weighted by Crippen LogP contribution is -2.47. The van der Waals surface area contributed by atoms with Gasteiger partial charge in [0.05, 0.1) is 19.3 Å². The third kappa shape index (κ3) is 4.71. The molecule has 1 N–H and O–H groups in total. The molecular weight excluding hydrogens is 370 g/mol. The SMILES string of the molecule is C#CC1(c2ccccc2C(=O)Nc2ccn(C)n2)C=NCN(O[C@@H](C)COC)C1. The number of nitrogens with zero attached hydrogens (tertiary/aromatic N) is 4. The highest BCUT2D eigenvalue weighted by Gasteiger charge is 2.37. The number of nitrogens with one attached hydrogen (secondary N) is 1. The lowest BCUT2D eigenvalue weighted by atomic mass is 9.78. The highest BCUT2D eigenvalue weighted by Crippen LogP contribution is 2.29. The van der Waals surface area contributed by atoms with Crippen LogP contribution in [0.5, 0.6) is 0 Å². The van der Waals surface area contributed by atoms with Crippen molar-refractivity contribution in [3.8, 4) is 12.3 Å². The maximum absolute atomic E-state index is 13.0. The van der Waals surface area contributed by atoms with Crippen molar-refractivity contribution in [1.82, 2.24) is 14.8 Å². The number of hydrogen-bond acceptors (Lipinski definition) is 6. The van der Waals surface area contributed by atoms with E-state index in [-0.39, 0.29) is 12.0 Å². The molecule has 1 aliphatic heterocycles. The first-order valence-corrected chi connectivity index (χ1v) is 9.27. The first-order valence-electron chi connectivity index (χ1n) is 9.27. The first-order chi connectivity index (χ1) is 14.0. The third-order valence-electron chi connectivity index (χ3n) is 4.57. The van der Waals surface area contributed by atoms with E-state index < -0.39 is 5.41 Å². The maximum Gasteiger partial charge on any atom is 0.257 e. The number of ether oxygens (including phenoxy) is 1. The molecule has 1 amide bonds. The van der Waals surface area contributed by atoms with E-state index in [1.165, 1.54) is 0 Å². The summed E-state index contributed by atoms with van der Waals surface area (Å²) in [5, 5.41) is 8.72. The van der Waals surface area contributed by atoms with Crippen molar-refractivity contribution < 1.29 is 14.4 Å². The van der Waals surface area contributed by atoms with Crippen molar-refractivity contribution in [3.63, 3.8) is 0 Å². The van der Waals surface area contributed by atoms with E-state index in [1.807, 2.05) is 19.1 Å². The Balaban J connectivity index is 1.88. The number of aromatic nitrogens is 2. The maximum atomic E-state index is 13.0. The molecule has 29 heavy (non-hydrogen) atoms. The van der Waals surface area contributed by atoms with Crippen LogP contribution in [0, 0.1) is 12.3 Å². The predicted octanol–water partition coefficient (Wildman–Crippen LogP) is 1.85. The van der Waals surface area contributed by atoms with E-state index in [0.717, 1.165) is 0 Å². The summed E-state index contributed by atoms with van der Waals surface area (Å²) in [7, 11) is 3.41. The van der Waals surface area contributed by atoms with Gasteiger partial charge in [0.25, 0.3) is 5.91 Å². The number of hydrogen-bond donors (Lipinski definition) is 1. The zero-order valence-corrected chi connectivity index (χ0v) is 16.8. The summed E-state index contributed by atoms with van der Waals surface area (Å²) in [6.07, 6.45) is 9.29. The van der Waals surface area contributed by atoms with Gasteiger partial charge in [0.1, 0.15) is 12.1 Å². The molecular formula is C21H25N5O3. The summed E-state index contributed by atoms with van der Waals surface area (Å²) in [6, 6.07) is 8.98. The van der Waals surface area contributed by atoms with E-state index in [0.29, 0.717) is 36.8 Å². The van der Waals surface area contributed by atoms with Gasteiger partial charge in [-0.3, -0.25) is 19.3 Å². The number of aryl methyl sites for hydroxylation is 1. The van der Waals surface area contributed by atoms with Crippen LogP contribution in [0.3, 0.4) is 0 Å². The topological polar surface area (TPSA) is 81.0 Å². The molecule has 0 bridgehead atoms. The largest absolute Gasteiger partial charge is 0.382 e. The number of anilines is 1. The quantitative estimate of drug-likeness (QED) is 0.724. The van der Waals surface area contributed by atoms with Crippen LogP contribution in [0.15, 0.2) is 41.5 Å². The Morgan fingerprint density at radius 3 is 2.90 bits per heavy atom. The molecule has 8 nitrogen and oxygen atoms in total. The number of carbonyl (C=O) groups excluding carboxylic acids is 1.